The molecule has 122 valence electrons. The highest BCUT2D eigenvalue weighted by molar-refractivity contribution is 5.99. The Kier molecular flexibility index (Phi) is 4.23. The average molecular weight is 306 g/mol. The number of nitrogens with zero attached hydrogens (tertiary/aromatic N) is 4. The van der Waals surface area contributed by atoms with Gasteiger partial charge in [-0.05, 0) is 14.1 Å². The molecular weight excluding hydrogens is 280 g/mol. The number of amides is 2. The fraction of sp³-hybridized carbons (Fsp3) is 0.750. The van der Waals surface area contributed by atoms with Crippen LogP contribution in [0.4, 0.5) is 0 Å². The predicted octanol–water partition coefficient (Wildman–Crippen LogP) is -0.663. The van der Waals surface area contributed by atoms with E-state index in [1.165, 1.54) is 0 Å². The van der Waals surface area contributed by atoms with E-state index in [2.05, 4.69) is 30.5 Å². The summed E-state index contributed by atoms with van der Waals surface area (Å²) in [7, 11) is 4.13. The van der Waals surface area contributed by atoms with Crippen molar-refractivity contribution in [1.82, 2.24) is 19.6 Å². The van der Waals surface area contributed by atoms with Crippen molar-refractivity contribution < 1.29 is 9.59 Å². The number of piperazine rings is 2. The molecule has 3 aliphatic rings. The smallest absolute Gasteiger partial charge is 0.231 e. The highest BCUT2D eigenvalue weighted by Crippen LogP contribution is 2.46. The second kappa shape index (κ2) is 6.01. The first-order chi connectivity index (χ1) is 10.5. The summed E-state index contributed by atoms with van der Waals surface area (Å²) >= 11 is 0. The Hall–Kier alpha value is -1.40. The second-order valence-corrected chi connectivity index (χ2v) is 6.79. The molecule has 2 saturated heterocycles. The lowest BCUT2D eigenvalue weighted by molar-refractivity contribution is -0.139. The van der Waals surface area contributed by atoms with Crippen molar-refractivity contribution in [3.63, 3.8) is 0 Å². The van der Waals surface area contributed by atoms with Gasteiger partial charge in [-0.2, -0.15) is 0 Å². The van der Waals surface area contributed by atoms with E-state index in [1.54, 1.807) is 0 Å². The molecule has 3 fully saturated rings. The van der Waals surface area contributed by atoms with Crippen LogP contribution in [0.1, 0.15) is 0 Å². The first kappa shape index (κ1) is 15.5. The van der Waals surface area contributed by atoms with Gasteiger partial charge in [0.15, 0.2) is 0 Å². The van der Waals surface area contributed by atoms with Crippen LogP contribution in [0.2, 0.25) is 0 Å². The molecule has 0 radical (unpaired) electrons. The van der Waals surface area contributed by atoms with E-state index in [9.17, 15) is 9.59 Å². The zero-order chi connectivity index (χ0) is 15.9. The Morgan fingerprint density at radius 2 is 1.09 bits per heavy atom. The van der Waals surface area contributed by atoms with Gasteiger partial charge < -0.3 is 19.6 Å². The molecule has 1 aliphatic carbocycles. The van der Waals surface area contributed by atoms with Crippen molar-refractivity contribution in [1.29, 1.82) is 0 Å². The Balaban J connectivity index is 1.57. The minimum absolute atomic E-state index is 0.102. The van der Waals surface area contributed by atoms with E-state index in [0.717, 1.165) is 57.9 Å². The zero-order valence-electron chi connectivity index (χ0n) is 13.6. The van der Waals surface area contributed by atoms with Gasteiger partial charge in [0, 0.05) is 52.4 Å². The van der Waals surface area contributed by atoms with E-state index in [1.807, 2.05) is 9.80 Å². The third-order valence-corrected chi connectivity index (χ3v) is 5.19. The van der Waals surface area contributed by atoms with Crippen molar-refractivity contribution >= 4 is 11.8 Å². The topological polar surface area (TPSA) is 47.1 Å². The molecule has 6 heteroatoms. The van der Waals surface area contributed by atoms with Crippen LogP contribution in [0, 0.1) is 11.8 Å². The molecule has 6 nitrogen and oxygen atoms in total. The fourth-order valence-electron chi connectivity index (χ4n) is 3.36. The van der Waals surface area contributed by atoms with Gasteiger partial charge in [0.2, 0.25) is 11.8 Å². The maximum absolute atomic E-state index is 12.6. The van der Waals surface area contributed by atoms with E-state index in [4.69, 9.17) is 0 Å². The molecule has 1 saturated carbocycles. The maximum Gasteiger partial charge on any atom is 0.231 e. The van der Waals surface area contributed by atoms with E-state index >= 15 is 0 Å². The molecule has 3 rings (SSSR count). The summed E-state index contributed by atoms with van der Waals surface area (Å²) in [5, 5.41) is 0. The minimum atomic E-state index is -0.268. The third-order valence-electron chi connectivity index (χ3n) is 5.19. The molecular formula is C16H26N4O2. The van der Waals surface area contributed by atoms with E-state index < -0.39 is 0 Å². The van der Waals surface area contributed by atoms with Crippen molar-refractivity contribution in [2.24, 2.45) is 11.8 Å². The zero-order valence-corrected chi connectivity index (χ0v) is 13.6. The van der Waals surface area contributed by atoms with Crippen LogP contribution in [0.3, 0.4) is 0 Å². The highest BCUT2D eigenvalue weighted by Gasteiger charge is 2.55. The number of carbonyl (C=O) groups is 2. The fourth-order valence-corrected chi connectivity index (χ4v) is 3.36. The minimum Gasteiger partial charge on any atom is -0.340 e. The third kappa shape index (κ3) is 2.90. The molecule has 0 aromatic heterocycles. The number of hydrogen-bond donors (Lipinski definition) is 0. The number of likely N-dealkylation sites (N-methyl/N-ethyl adjacent to an activating group) is 2. The molecule has 0 N–H and O–H groups in total. The molecule has 0 unspecified atom stereocenters. The standard InChI is InChI=1S/C16H26N4O2/c1-12-13(15(21)19-8-4-17(2)5-9-19)14(12)16(22)20-10-6-18(3)7-11-20/h13-14H,1,4-11H2,2-3H3/t13-,14-/m0/s1. The van der Waals surface area contributed by atoms with E-state index in [-0.39, 0.29) is 23.7 Å². The van der Waals surface area contributed by atoms with Gasteiger partial charge in [-0.25, -0.2) is 0 Å². The summed E-state index contributed by atoms with van der Waals surface area (Å²) in [5.74, 6) is -0.331. The average Bonchev–Trinajstić information content (AvgIpc) is 3.18. The van der Waals surface area contributed by atoms with Crippen LogP contribution in [-0.2, 0) is 9.59 Å². The van der Waals surface area contributed by atoms with Crippen LogP contribution < -0.4 is 0 Å². The van der Waals surface area contributed by atoms with Crippen LogP contribution in [0.25, 0.3) is 0 Å². The maximum atomic E-state index is 12.6. The Bertz CT molecular complexity index is 435. The summed E-state index contributed by atoms with van der Waals surface area (Å²) in [4.78, 5) is 33.4. The molecule has 2 atom stereocenters. The first-order valence-corrected chi connectivity index (χ1v) is 8.12. The second-order valence-electron chi connectivity index (χ2n) is 6.79. The lowest BCUT2D eigenvalue weighted by Crippen LogP contribution is -2.49. The van der Waals surface area contributed by atoms with Crippen LogP contribution in [-0.4, -0.2) is 97.9 Å². The quantitative estimate of drug-likeness (QED) is 0.635. The first-order valence-electron chi connectivity index (χ1n) is 8.12. The Morgan fingerprint density at radius 3 is 1.41 bits per heavy atom. The van der Waals surface area contributed by atoms with Gasteiger partial charge in [0.25, 0.3) is 0 Å². The molecule has 2 amide bonds. The van der Waals surface area contributed by atoms with Crippen molar-refractivity contribution in [3.8, 4) is 0 Å². The molecule has 2 heterocycles. The van der Waals surface area contributed by atoms with Gasteiger partial charge in [0.1, 0.15) is 0 Å². The van der Waals surface area contributed by atoms with Gasteiger partial charge >= 0.3 is 0 Å². The lowest BCUT2D eigenvalue weighted by atomic mass is 10.2. The summed E-state index contributed by atoms with van der Waals surface area (Å²) < 4.78 is 0. The lowest BCUT2D eigenvalue weighted by Gasteiger charge is -2.33. The molecule has 0 aromatic carbocycles. The Labute approximate surface area is 132 Å². The van der Waals surface area contributed by atoms with Crippen molar-refractivity contribution in [2.75, 3.05) is 66.5 Å². The van der Waals surface area contributed by atoms with Gasteiger partial charge in [-0.15, -0.1) is 0 Å². The molecule has 0 spiro atoms. The normalized spacial score (nSPS) is 30.5. The van der Waals surface area contributed by atoms with Gasteiger partial charge in [-0.1, -0.05) is 12.2 Å². The summed E-state index contributed by atoms with van der Waals surface area (Å²) in [6, 6.07) is 0. The highest BCUT2D eigenvalue weighted by atomic mass is 16.2. The SMILES string of the molecule is C=C1[C@H](C(=O)N2CCN(C)CC2)[C@H]1C(=O)N1CCN(C)CC1. The summed E-state index contributed by atoms with van der Waals surface area (Å²) in [6.07, 6.45) is 0. The van der Waals surface area contributed by atoms with E-state index in [0.29, 0.717) is 0 Å². The van der Waals surface area contributed by atoms with Crippen LogP contribution >= 0.6 is 0 Å². The number of rotatable bonds is 2. The Morgan fingerprint density at radius 1 is 0.773 bits per heavy atom. The molecule has 22 heavy (non-hydrogen) atoms. The predicted molar refractivity (Wildman–Crippen MR) is 84.3 cm³/mol. The number of hydrogen-bond acceptors (Lipinski definition) is 4. The monoisotopic (exact) mass is 306 g/mol. The largest absolute Gasteiger partial charge is 0.340 e. The summed E-state index contributed by atoms with van der Waals surface area (Å²) in [5.41, 5.74) is 0.813. The van der Waals surface area contributed by atoms with Crippen molar-refractivity contribution in [2.45, 2.75) is 0 Å². The van der Waals surface area contributed by atoms with Crippen LogP contribution in [0.15, 0.2) is 12.2 Å². The van der Waals surface area contributed by atoms with Crippen molar-refractivity contribution in [3.05, 3.63) is 12.2 Å². The molecule has 2 aliphatic heterocycles. The molecule has 0 aromatic rings. The number of carbonyl (C=O) groups excluding carboxylic acids is 2. The van der Waals surface area contributed by atoms with Gasteiger partial charge in [0.05, 0.1) is 11.8 Å². The summed E-state index contributed by atoms with van der Waals surface area (Å²) in [6.45, 7) is 10.6. The van der Waals surface area contributed by atoms with Gasteiger partial charge in [-0.3, -0.25) is 9.59 Å². The van der Waals surface area contributed by atoms with Crippen LogP contribution in [0.5, 0.6) is 0 Å². The molecule has 0 bridgehead atoms.